The number of hydrogen-bond acceptors (Lipinski definition) is 2. The summed E-state index contributed by atoms with van der Waals surface area (Å²) in [6.07, 6.45) is 3.36. The van der Waals surface area contributed by atoms with Gasteiger partial charge in [0.15, 0.2) is 0 Å². The second-order valence-corrected chi connectivity index (χ2v) is 4.98. The lowest BCUT2D eigenvalue weighted by molar-refractivity contribution is 1.07. The van der Waals surface area contributed by atoms with E-state index in [1.54, 1.807) is 12.4 Å². The Labute approximate surface area is 128 Å². The van der Waals surface area contributed by atoms with Crippen molar-refractivity contribution >= 4 is 35.6 Å². The van der Waals surface area contributed by atoms with Crippen LogP contribution in [-0.4, -0.2) is 12.4 Å². The molecule has 102 valence electrons. The van der Waals surface area contributed by atoms with Crippen LogP contribution in [-0.2, 0) is 13.1 Å². The van der Waals surface area contributed by atoms with Gasteiger partial charge in [-0.2, -0.15) is 0 Å². The standard InChI is InChI=1S/C16H14Cl2N2/c17-15-7-3-1-5-13(15)11-19-9-10-20-12-14-6-2-4-8-16(14)18/h1-10H,11-12H2. The predicted octanol–water partition coefficient (Wildman–Crippen LogP) is 4.84. The van der Waals surface area contributed by atoms with Gasteiger partial charge in [-0.3, -0.25) is 9.98 Å². The van der Waals surface area contributed by atoms with Crippen LogP contribution in [0.25, 0.3) is 0 Å². The number of rotatable bonds is 5. The van der Waals surface area contributed by atoms with Gasteiger partial charge in [-0.1, -0.05) is 59.6 Å². The fraction of sp³-hybridized carbons (Fsp3) is 0.125. The van der Waals surface area contributed by atoms with Gasteiger partial charge in [-0.25, -0.2) is 0 Å². The molecule has 0 aliphatic carbocycles. The van der Waals surface area contributed by atoms with E-state index in [0.717, 1.165) is 21.2 Å². The summed E-state index contributed by atoms with van der Waals surface area (Å²) in [5.41, 5.74) is 2.01. The molecule has 0 unspecified atom stereocenters. The van der Waals surface area contributed by atoms with Crippen LogP contribution in [0.2, 0.25) is 10.0 Å². The van der Waals surface area contributed by atoms with Crippen LogP contribution in [0.1, 0.15) is 11.1 Å². The quantitative estimate of drug-likeness (QED) is 0.707. The van der Waals surface area contributed by atoms with Gasteiger partial charge >= 0.3 is 0 Å². The van der Waals surface area contributed by atoms with Gasteiger partial charge < -0.3 is 0 Å². The molecule has 4 heteroatoms. The monoisotopic (exact) mass is 304 g/mol. The maximum atomic E-state index is 6.04. The van der Waals surface area contributed by atoms with E-state index in [-0.39, 0.29) is 0 Å². The minimum atomic E-state index is 0.553. The van der Waals surface area contributed by atoms with Crippen LogP contribution in [0.15, 0.2) is 58.5 Å². The normalized spacial score (nSPS) is 11.5. The van der Waals surface area contributed by atoms with Gasteiger partial charge in [-0.05, 0) is 23.3 Å². The van der Waals surface area contributed by atoms with Crippen LogP contribution in [0.3, 0.4) is 0 Å². The van der Waals surface area contributed by atoms with Crippen LogP contribution >= 0.6 is 23.2 Å². The summed E-state index contributed by atoms with van der Waals surface area (Å²) in [5, 5.41) is 1.47. The molecule has 2 rings (SSSR count). The summed E-state index contributed by atoms with van der Waals surface area (Å²) < 4.78 is 0. The smallest absolute Gasteiger partial charge is 0.0654 e. The minimum absolute atomic E-state index is 0.553. The first-order chi connectivity index (χ1) is 9.77. The summed E-state index contributed by atoms with van der Waals surface area (Å²) in [6, 6.07) is 15.3. The Kier molecular flexibility index (Phi) is 5.78. The van der Waals surface area contributed by atoms with Gasteiger partial charge in [0.2, 0.25) is 0 Å². The zero-order chi connectivity index (χ0) is 14.2. The van der Waals surface area contributed by atoms with Crippen LogP contribution in [0.5, 0.6) is 0 Å². The molecule has 0 aliphatic heterocycles. The first-order valence-electron chi connectivity index (χ1n) is 6.22. The maximum absolute atomic E-state index is 6.04. The summed E-state index contributed by atoms with van der Waals surface area (Å²) in [7, 11) is 0. The highest BCUT2D eigenvalue weighted by molar-refractivity contribution is 6.31. The molecule has 2 nitrogen and oxygen atoms in total. The third-order valence-electron chi connectivity index (χ3n) is 2.72. The molecule has 0 radical (unpaired) electrons. The van der Waals surface area contributed by atoms with Crippen molar-refractivity contribution in [2.24, 2.45) is 9.98 Å². The van der Waals surface area contributed by atoms with Crippen LogP contribution in [0, 0.1) is 0 Å². The molecule has 0 fully saturated rings. The highest BCUT2D eigenvalue weighted by atomic mass is 35.5. The zero-order valence-corrected chi connectivity index (χ0v) is 12.3. The molecule has 0 aromatic heterocycles. The van der Waals surface area contributed by atoms with Crippen LogP contribution in [0.4, 0.5) is 0 Å². The van der Waals surface area contributed by atoms with Crippen molar-refractivity contribution in [3.05, 3.63) is 69.7 Å². The first kappa shape index (κ1) is 14.8. The third-order valence-corrected chi connectivity index (χ3v) is 3.45. The number of benzene rings is 2. The van der Waals surface area contributed by atoms with E-state index < -0.39 is 0 Å². The van der Waals surface area contributed by atoms with Gasteiger partial charge in [0.1, 0.15) is 0 Å². The number of halogens is 2. The van der Waals surface area contributed by atoms with Crippen molar-refractivity contribution < 1.29 is 0 Å². The lowest BCUT2D eigenvalue weighted by Gasteiger charge is -1.98. The van der Waals surface area contributed by atoms with E-state index >= 15 is 0 Å². The summed E-state index contributed by atoms with van der Waals surface area (Å²) in [4.78, 5) is 8.53. The molecular weight excluding hydrogens is 291 g/mol. The number of nitrogens with zero attached hydrogens (tertiary/aromatic N) is 2. The van der Waals surface area contributed by atoms with E-state index in [1.165, 1.54) is 0 Å². The van der Waals surface area contributed by atoms with Crippen molar-refractivity contribution in [2.75, 3.05) is 0 Å². The Morgan fingerprint density at radius 3 is 1.50 bits per heavy atom. The molecule has 0 saturated carbocycles. The van der Waals surface area contributed by atoms with Gasteiger partial charge in [0, 0.05) is 22.5 Å². The number of hydrogen-bond donors (Lipinski definition) is 0. The molecule has 20 heavy (non-hydrogen) atoms. The van der Waals surface area contributed by atoms with Crippen molar-refractivity contribution in [2.45, 2.75) is 13.1 Å². The SMILES string of the molecule is Clc1ccccc1CN=CC=NCc1ccccc1Cl. The van der Waals surface area contributed by atoms with Crippen molar-refractivity contribution in [3.8, 4) is 0 Å². The lowest BCUT2D eigenvalue weighted by Crippen LogP contribution is -1.86. The average Bonchev–Trinajstić information content (AvgIpc) is 2.46. The molecule has 0 N–H and O–H groups in total. The third kappa shape index (κ3) is 4.48. The van der Waals surface area contributed by atoms with Crippen LogP contribution < -0.4 is 0 Å². The molecule has 0 amide bonds. The molecule has 2 aromatic rings. The molecule has 0 bridgehead atoms. The molecule has 0 atom stereocenters. The summed E-state index contributed by atoms with van der Waals surface area (Å²) in [6.45, 7) is 1.11. The fourth-order valence-corrected chi connectivity index (χ4v) is 2.04. The second-order valence-electron chi connectivity index (χ2n) is 4.16. The van der Waals surface area contributed by atoms with Gasteiger partial charge in [-0.15, -0.1) is 0 Å². The highest BCUT2D eigenvalue weighted by Gasteiger charge is 1.96. The van der Waals surface area contributed by atoms with Crippen molar-refractivity contribution in [1.82, 2.24) is 0 Å². The average molecular weight is 305 g/mol. The van der Waals surface area contributed by atoms with Gasteiger partial charge in [0.25, 0.3) is 0 Å². The number of aliphatic imine (C=N–C) groups is 2. The van der Waals surface area contributed by atoms with E-state index in [9.17, 15) is 0 Å². The Morgan fingerprint density at radius 1 is 0.700 bits per heavy atom. The van der Waals surface area contributed by atoms with Crippen molar-refractivity contribution in [1.29, 1.82) is 0 Å². The molecule has 2 aromatic carbocycles. The maximum Gasteiger partial charge on any atom is 0.0654 e. The van der Waals surface area contributed by atoms with E-state index in [4.69, 9.17) is 23.2 Å². The van der Waals surface area contributed by atoms with E-state index in [1.807, 2.05) is 48.5 Å². The molecular formula is C16H14Cl2N2. The molecule has 0 saturated heterocycles. The molecule has 0 aliphatic rings. The van der Waals surface area contributed by atoms with E-state index in [2.05, 4.69) is 9.98 Å². The Bertz CT molecular complexity index is 566. The predicted molar refractivity (Wildman–Crippen MR) is 87.3 cm³/mol. The van der Waals surface area contributed by atoms with E-state index in [0.29, 0.717) is 13.1 Å². The summed E-state index contributed by atoms with van der Waals surface area (Å²) in [5.74, 6) is 0. The lowest BCUT2D eigenvalue weighted by atomic mass is 10.2. The molecule has 0 spiro atoms. The Hall–Kier alpha value is -1.64. The first-order valence-corrected chi connectivity index (χ1v) is 6.98. The highest BCUT2D eigenvalue weighted by Crippen LogP contribution is 2.16. The summed E-state index contributed by atoms with van der Waals surface area (Å²) >= 11 is 12.1. The largest absolute Gasteiger partial charge is 0.287 e. The minimum Gasteiger partial charge on any atom is -0.287 e. The second kappa shape index (κ2) is 7.83. The Morgan fingerprint density at radius 2 is 1.10 bits per heavy atom. The van der Waals surface area contributed by atoms with Crippen molar-refractivity contribution in [3.63, 3.8) is 0 Å². The Balaban J connectivity index is 1.83. The molecule has 0 heterocycles. The van der Waals surface area contributed by atoms with Gasteiger partial charge in [0.05, 0.1) is 13.1 Å². The fourth-order valence-electron chi connectivity index (χ4n) is 1.65. The zero-order valence-electron chi connectivity index (χ0n) is 10.8. The topological polar surface area (TPSA) is 24.7 Å².